The van der Waals surface area contributed by atoms with Crippen molar-refractivity contribution < 1.29 is 8.42 Å². The Kier molecular flexibility index (Phi) is 5.81. The topological polar surface area (TPSA) is 88.9 Å². The number of aromatic nitrogens is 3. The second-order valence-electron chi connectivity index (χ2n) is 6.75. The molecule has 1 aromatic carbocycles. The lowest BCUT2D eigenvalue weighted by Gasteiger charge is -2.14. The third-order valence-electron chi connectivity index (χ3n) is 4.78. The molecular weight excluding hydrogens is 374 g/mol. The molecule has 0 spiro atoms. The number of benzene rings is 1. The van der Waals surface area contributed by atoms with Crippen molar-refractivity contribution in [3.05, 3.63) is 54.6 Å². The Morgan fingerprint density at radius 1 is 1.18 bits per heavy atom. The molecule has 0 aliphatic rings. The van der Waals surface area contributed by atoms with Gasteiger partial charge in [0.2, 0.25) is 10.0 Å². The number of imidazole rings is 1. The van der Waals surface area contributed by atoms with Gasteiger partial charge in [0.1, 0.15) is 5.82 Å². The van der Waals surface area contributed by atoms with Crippen LogP contribution in [0.5, 0.6) is 0 Å². The fraction of sp³-hybridized carbons (Fsp3) is 0.300. The summed E-state index contributed by atoms with van der Waals surface area (Å²) >= 11 is 0. The summed E-state index contributed by atoms with van der Waals surface area (Å²) in [5.41, 5.74) is 3.28. The molecule has 3 aromatic rings. The van der Waals surface area contributed by atoms with Crippen molar-refractivity contribution in [2.75, 3.05) is 12.4 Å². The number of aryl methyl sites for hydroxylation is 1. The predicted octanol–water partition coefficient (Wildman–Crippen LogP) is 3.65. The Balaban J connectivity index is 2.00. The van der Waals surface area contributed by atoms with Crippen LogP contribution < -0.4 is 10.0 Å². The van der Waals surface area contributed by atoms with E-state index in [0.29, 0.717) is 23.0 Å². The van der Waals surface area contributed by atoms with Gasteiger partial charge < -0.3 is 9.88 Å². The fourth-order valence-electron chi connectivity index (χ4n) is 2.83. The molecule has 3 rings (SSSR count). The second kappa shape index (κ2) is 8.12. The normalized spacial score (nSPS) is 12.7. The largest absolute Gasteiger partial charge is 0.340 e. The monoisotopic (exact) mass is 399 g/mol. The third-order valence-corrected chi connectivity index (χ3v) is 6.19. The summed E-state index contributed by atoms with van der Waals surface area (Å²) in [5, 5.41) is 3.29. The summed E-state index contributed by atoms with van der Waals surface area (Å²) < 4.78 is 28.6. The molecule has 28 heavy (non-hydrogen) atoms. The van der Waals surface area contributed by atoms with Crippen LogP contribution in [-0.2, 0) is 17.1 Å². The first-order chi connectivity index (χ1) is 13.3. The van der Waals surface area contributed by atoms with Crippen LogP contribution in [0.1, 0.15) is 31.7 Å². The number of nitrogens with zero attached hydrogens (tertiary/aromatic N) is 3. The molecule has 0 aliphatic carbocycles. The molecule has 0 saturated heterocycles. The minimum Gasteiger partial charge on any atom is -0.340 e. The highest BCUT2D eigenvalue weighted by molar-refractivity contribution is 7.89. The van der Waals surface area contributed by atoms with Crippen LogP contribution in [-0.4, -0.2) is 30.0 Å². The average Bonchev–Trinajstić information content (AvgIpc) is 3.14. The molecule has 0 radical (unpaired) electrons. The molecule has 0 amide bonds. The van der Waals surface area contributed by atoms with Crippen LogP contribution in [0.25, 0.3) is 11.3 Å². The van der Waals surface area contributed by atoms with E-state index in [1.54, 1.807) is 24.5 Å². The van der Waals surface area contributed by atoms with Crippen LogP contribution in [0.2, 0.25) is 0 Å². The Hall–Kier alpha value is -2.71. The number of anilines is 2. The molecule has 7 nitrogen and oxygen atoms in total. The highest BCUT2D eigenvalue weighted by Gasteiger charge is 2.17. The SMILES string of the molecule is CC[C@@H](C)c1ccc(Nc2ccc(S(=O)(=O)NC)cc2-c2cn(C)cn2)nc1. The Morgan fingerprint density at radius 2 is 1.96 bits per heavy atom. The van der Waals surface area contributed by atoms with Crippen LogP contribution in [0.15, 0.2) is 53.9 Å². The maximum Gasteiger partial charge on any atom is 0.240 e. The highest BCUT2D eigenvalue weighted by atomic mass is 32.2. The molecule has 0 saturated carbocycles. The maximum atomic E-state index is 12.2. The van der Waals surface area contributed by atoms with Crippen molar-refractivity contribution >= 4 is 21.5 Å². The van der Waals surface area contributed by atoms with Gasteiger partial charge in [-0.1, -0.05) is 19.9 Å². The van der Waals surface area contributed by atoms with E-state index >= 15 is 0 Å². The lowest BCUT2D eigenvalue weighted by Crippen LogP contribution is -2.18. The number of hydrogen-bond acceptors (Lipinski definition) is 5. The minimum absolute atomic E-state index is 0.182. The van der Waals surface area contributed by atoms with Gasteiger partial charge in [0.15, 0.2) is 0 Å². The van der Waals surface area contributed by atoms with Gasteiger partial charge >= 0.3 is 0 Å². The summed E-state index contributed by atoms with van der Waals surface area (Å²) in [6, 6.07) is 8.91. The van der Waals surface area contributed by atoms with E-state index < -0.39 is 10.0 Å². The second-order valence-corrected chi connectivity index (χ2v) is 8.64. The van der Waals surface area contributed by atoms with E-state index in [1.807, 2.05) is 30.1 Å². The van der Waals surface area contributed by atoms with E-state index in [2.05, 4.69) is 39.9 Å². The summed E-state index contributed by atoms with van der Waals surface area (Å²) in [7, 11) is -0.296. The lowest BCUT2D eigenvalue weighted by molar-refractivity contribution is 0.588. The number of nitrogens with one attached hydrogen (secondary N) is 2. The molecule has 2 heterocycles. The van der Waals surface area contributed by atoms with E-state index in [-0.39, 0.29) is 4.90 Å². The number of rotatable bonds is 7. The first kappa shape index (κ1) is 20.0. The maximum absolute atomic E-state index is 12.2. The smallest absolute Gasteiger partial charge is 0.240 e. The van der Waals surface area contributed by atoms with Crippen molar-refractivity contribution in [3.63, 3.8) is 0 Å². The Labute approximate surface area is 165 Å². The van der Waals surface area contributed by atoms with Gasteiger partial charge in [-0.05, 0) is 49.2 Å². The van der Waals surface area contributed by atoms with Gasteiger partial charge in [0.25, 0.3) is 0 Å². The van der Waals surface area contributed by atoms with E-state index in [0.717, 1.165) is 12.1 Å². The minimum atomic E-state index is -3.56. The molecule has 0 unspecified atom stereocenters. The number of pyridine rings is 1. The summed E-state index contributed by atoms with van der Waals surface area (Å²) in [5.74, 6) is 1.14. The molecule has 2 N–H and O–H groups in total. The van der Waals surface area contributed by atoms with Crippen molar-refractivity contribution in [1.29, 1.82) is 0 Å². The standard InChI is InChI=1S/C20H25N5O2S/c1-5-14(2)15-6-9-20(22-11-15)24-18-8-7-16(28(26,27)21-3)10-17(18)19-12-25(4)13-23-19/h6-14,21H,5H2,1-4H3,(H,22,24)/t14-/m1/s1. The zero-order valence-corrected chi connectivity index (χ0v) is 17.3. The number of sulfonamides is 1. The third kappa shape index (κ3) is 4.23. The molecule has 1 atom stereocenters. The zero-order chi connectivity index (χ0) is 20.3. The van der Waals surface area contributed by atoms with E-state index in [1.165, 1.54) is 12.6 Å². The lowest BCUT2D eigenvalue weighted by atomic mass is 10.0. The van der Waals surface area contributed by atoms with E-state index in [4.69, 9.17) is 0 Å². The van der Waals surface area contributed by atoms with Crippen LogP contribution in [0.3, 0.4) is 0 Å². The fourth-order valence-corrected chi connectivity index (χ4v) is 3.58. The molecule has 0 fully saturated rings. The predicted molar refractivity (Wildman–Crippen MR) is 111 cm³/mol. The van der Waals surface area contributed by atoms with Gasteiger partial charge in [0, 0.05) is 30.7 Å². The molecule has 148 valence electrons. The summed E-state index contributed by atoms with van der Waals surface area (Å²) in [6.07, 6.45) is 6.45. The highest BCUT2D eigenvalue weighted by Crippen LogP contribution is 2.31. The Bertz CT molecular complexity index is 1060. The van der Waals surface area contributed by atoms with Gasteiger partial charge in [-0.3, -0.25) is 0 Å². The van der Waals surface area contributed by atoms with Crippen molar-refractivity contribution in [1.82, 2.24) is 19.3 Å². The van der Waals surface area contributed by atoms with Gasteiger partial charge in [-0.15, -0.1) is 0 Å². The van der Waals surface area contributed by atoms with Gasteiger partial charge in [0.05, 0.1) is 16.9 Å². The van der Waals surface area contributed by atoms with Gasteiger partial charge in [-0.25, -0.2) is 23.1 Å². The summed E-state index contributed by atoms with van der Waals surface area (Å²) in [6.45, 7) is 4.32. The average molecular weight is 400 g/mol. The number of hydrogen-bond donors (Lipinski definition) is 2. The molecular formula is C20H25N5O2S. The first-order valence-electron chi connectivity index (χ1n) is 9.13. The van der Waals surface area contributed by atoms with Crippen molar-refractivity contribution in [2.45, 2.75) is 31.1 Å². The summed E-state index contributed by atoms with van der Waals surface area (Å²) in [4.78, 5) is 9.06. The van der Waals surface area contributed by atoms with Crippen LogP contribution in [0.4, 0.5) is 11.5 Å². The molecule has 0 bridgehead atoms. The van der Waals surface area contributed by atoms with Crippen LogP contribution >= 0.6 is 0 Å². The van der Waals surface area contributed by atoms with Gasteiger partial charge in [-0.2, -0.15) is 0 Å². The van der Waals surface area contributed by atoms with Crippen LogP contribution in [0, 0.1) is 0 Å². The zero-order valence-electron chi connectivity index (χ0n) is 16.5. The first-order valence-corrected chi connectivity index (χ1v) is 10.6. The molecule has 2 aromatic heterocycles. The molecule has 0 aliphatic heterocycles. The molecule has 8 heteroatoms. The van der Waals surface area contributed by atoms with Crippen molar-refractivity contribution in [3.8, 4) is 11.3 Å². The Morgan fingerprint density at radius 3 is 2.54 bits per heavy atom. The van der Waals surface area contributed by atoms with E-state index in [9.17, 15) is 8.42 Å². The quantitative estimate of drug-likeness (QED) is 0.633. The van der Waals surface area contributed by atoms with Crippen molar-refractivity contribution in [2.24, 2.45) is 7.05 Å².